The quantitative estimate of drug-likeness (QED) is 0.0372. The van der Waals surface area contributed by atoms with Crippen LogP contribution in [0.4, 0.5) is 0 Å². The molecule has 0 saturated heterocycles. The Balaban J connectivity index is 4.35. The third-order valence-corrected chi connectivity index (χ3v) is 9.58. The van der Waals surface area contributed by atoms with Crippen LogP contribution in [0, 0.1) is 11.8 Å². The molecule has 0 aromatic heterocycles. The minimum atomic E-state index is -0.759. The van der Waals surface area contributed by atoms with E-state index in [1.54, 1.807) is 0 Å². The predicted molar refractivity (Wildman–Crippen MR) is 201 cm³/mol. The SMILES string of the molecule is CCCCCCCCCCCC(=O)O[C@@H](COC(=O)CCCCCCCCCCC(C)CC)COC(=O)CCCCCCCCC(C)C. The molecule has 48 heavy (non-hydrogen) atoms. The summed E-state index contributed by atoms with van der Waals surface area (Å²) >= 11 is 0. The molecular formula is C42H80O6. The van der Waals surface area contributed by atoms with Gasteiger partial charge in [0.15, 0.2) is 6.10 Å². The molecule has 0 heterocycles. The molecule has 284 valence electrons. The number of rotatable bonds is 36. The molecule has 0 bridgehead atoms. The van der Waals surface area contributed by atoms with Crippen molar-refractivity contribution < 1.29 is 28.6 Å². The van der Waals surface area contributed by atoms with Crippen molar-refractivity contribution >= 4 is 17.9 Å². The average molecular weight is 681 g/mol. The smallest absolute Gasteiger partial charge is 0.306 e. The molecule has 6 nitrogen and oxygen atoms in total. The van der Waals surface area contributed by atoms with Crippen molar-refractivity contribution in [3.05, 3.63) is 0 Å². The molecule has 0 aliphatic rings. The molecule has 0 aliphatic heterocycles. The van der Waals surface area contributed by atoms with Crippen molar-refractivity contribution in [1.29, 1.82) is 0 Å². The van der Waals surface area contributed by atoms with Crippen molar-refractivity contribution in [1.82, 2.24) is 0 Å². The highest BCUT2D eigenvalue weighted by Crippen LogP contribution is 2.16. The van der Waals surface area contributed by atoms with E-state index in [1.165, 1.54) is 109 Å². The Bertz CT molecular complexity index is 736. The van der Waals surface area contributed by atoms with E-state index in [-0.39, 0.29) is 31.1 Å². The number of carbonyl (C=O) groups is 3. The second-order valence-electron chi connectivity index (χ2n) is 15.0. The fourth-order valence-corrected chi connectivity index (χ4v) is 6.01. The third kappa shape index (κ3) is 34.3. The molecular weight excluding hydrogens is 600 g/mol. The van der Waals surface area contributed by atoms with Crippen LogP contribution in [0.5, 0.6) is 0 Å². The topological polar surface area (TPSA) is 78.9 Å². The summed E-state index contributed by atoms with van der Waals surface area (Å²) in [7, 11) is 0. The van der Waals surface area contributed by atoms with Crippen LogP contribution in [0.2, 0.25) is 0 Å². The van der Waals surface area contributed by atoms with Gasteiger partial charge in [-0.25, -0.2) is 0 Å². The van der Waals surface area contributed by atoms with Crippen molar-refractivity contribution in [2.24, 2.45) is 11.8 Å². The van der Waals surface area contributed by atoms with E-state index in [0.29, 0.717) is 19.3 Å². The van der Waals surface area contributed by atoms with Crippen molar-refractivity contribution in [3.8, 4) is 0 Å². The predicted octanol–water partition coefficient (Wildman–Crippen LogP) is 12.6. The highest BCUT2D eigenvalue weighted by atomic mass is 16.6. The number of hydrogen-bond donors (Lipinski definition) is 0. The standard InChI is InChI=1S/C42H80O6/c1-6-8-9-10-11-12-17-24-29-34-42(45)48-39(36-47-41(44)33-28-23-19-18-20-25-30-37(3)4)35-46-40(43)32-27-22-16-14-13-15-21-26-31-38(5)7-2/h37-39H,6-36H2,1-5H3/t38?,39-/m0/s1. The van der Waals surface area contributed by atoms with Crippen LogP contribution in [0.1, 0.15) is 221 Å². The minimum Gasteiger partial charge on any atom is -0.462 e. The molecule has 0 amide bonds. The molecule has 0 N–H and O–H groups in total. The lowest BCUT2D eigenvalue weighted by Crippen LogP contribution is -2.30. The highest BCUT2D eigenvalue weighted by Gasteiger charge is 2.19. The van der Waals surface area contributed by atoms with Gasteiger partial charge in [-0.15, -0.1) is 0 Å². The van der Waals surface area contributed by atoms with Gasteiger partial charge in [-0.2, -0.15) is 0 Å². The molecule has 0 radical (unpaired) electrons. The van der Waals surface area contributed by atoms with E-state index in [9.17, 15) is 14.4 Å². The lowest BCUT2D eigenvalue weighted by atomic mass is 9.99. The number of carbonyl (C=O) groups excluding carboxylic acids is 3. The molecule has 6 heteroatoms. The van der Waals surface area contributed by atoms with Crippen LogP contribution in [-0.2, 0) is 28.6 Å². The Kier molecular flexibility index (Phi) is 34.1. The summed E-state index contributed by atoms with van der Waals surface area (Å²) in [6, 6.07) is 0. The van der Waals surface area contributed by atoms with Gasteiger partial charge >= 0.3 is 17.9 Å². The zero-order chi connectivity index (χ0) is 35.5. The zero-order valence-electron chi connectivity index (χ0n) is 32.6. The van der Waals surface area contributed by atoms with Crippen molar-refractivity contribution in [3.63, 3.8) is 0 Å². The number of unbranched alkanes of at least 4 members (excludes halogenated alkanes) is 20. The van der Waals surface area contributed by atoms with Crippen LogP contribution in [-0.4, -0.2) is 37.2 Å². The van der Waals surface area contributed by atoms with Gasteiger partial charge in [-0.3, -0.25) is 14.4 Å². The Hall–Kier alpha value is -1.59. The minimum absolute atomic E-state index is 0.0668. The molecule has 0 aliphatic carbocycles. The van der Waals surface area contributed by atoms with Gasteiger partial charge in [0, 0.05) is 19.3 Å². The van der Waals surface area contributed by atoms with Gasteiger partial charge < -0.3 is 14.2 Å². The van der Waals surface area contributed by atoms with Crippen LogP contribution in [0.15, 0.2) is 0 Å². The fourth-order valence-electron chi connectivity index (χ4n) is 6.01. The van der Waals surface area contributed by atoms with E-state index in [4.69, 9.17) is 14.2 Å². The summed E-state index contributed by atoms with van der Waals surface area (Å²) in [5, 5.41) is 0. The van der Waals surface area contributed by atoms with Crippen molar-refractivity contribution in [2.75, 3.05) is 13.2 Å². The first-order valence-corrected chi connectivity index (χ1v) is 20.8. The van der Waals surface area contributed by atoms with E-state index in [1.807, 2.05) is 0 Å². The molecule has 0 aromatic carbocycles. The van der Waals surface area contributed by atoms with Gasteiger partial charge in [-0.1, -0.05) is 182 Å². The van der Waals surface area contributed by atoms with E-state index in [0.717, 1.165) is 69.6 Å². The number of hydrogen-bond acceptors (Lipinski definition) is 6. The van der Waals surface area contributed by atoms with E-state index < -0.39 is 6.10 Å². The Morgan fingerprint density at radius 2 is 0.792 bits per heavy atom. The molecule has 0 aromatic rings. The van der Waals surface area contributed by atoms with Crippen LogP contribution in [0.25, 0.3) is 0 Å². The monoisotopic (exact) mass is 681 g/mol. The lowest BCUT2D eigenvalue weighted by Gasteiger charge is -2.18. The second-order valence-corrected chi connectivity index (χ2v) is 15.0. The molecule has 0 fully saturated rings. The second kappa shape index (κ2) is 35.2. The maximum absolute atomic E-state index is 12.6. The van der Waals surface area contributed by atoms with Gasteiger partial charge in [0.2, 0.25) is 0 Å². The normalized spacial score (nSPS) is 12.6. The Morgan fingerprint density at radius 3 is 1.19 bits per heavy atom. The van der Waals surface area contributed by atoms with Gasteiger partial charge in [0.05, 0.1) is 0 Å². The highest BCUT2D eigenvalue weighted by molar-refractivity contribution is 5.71. The van der Waals surface area contributed by atoms with Gasteiger partial charge in [0.1, 0.15) is 13.2 Å². The van der Waals surface area contributed by atoms with E-state index >= 15 is 0 Å². The summed E-state index contributed by atoms with van der Waals surface area (Å²) in [6.07, 6.45) is 31.0. The maximum Gasteiger partial charge on any atom is 0.306 e. The van der Waals surface area contributed by atoms with Crippen LogP contribution in [0.3, 0.4) is 0 Å². The summed E-state index contributed by atoms with van der Waals surface area (Å²) < 4.78 is 16.6. The summed E-state index contributed by atoms with van der Waals surface area (Å²) in [4.78, 5) is 37.5. The first kappa shape index (κ1) is 46.4. The van der Waals surface area contributed by atoms with Gasteiger partial charge in [-0.05, 0) is 31.1 Å². The fraction of sp³-hybridized carbons (Fsp3) is 0.929. The van der Waals surface area contributed by atoms with Crippen LogP contribution >= 0.6 is 0 Å². The number of ether oxygens (including phenoxy) is 3. The van der Waals surface area contributed by atoms with Crippen LogP contribution < -0.4 is 0 Å². The Labute approximate surface area is 298 Å². The molecule has 2 atom stereocenters. The molecule has 0 spiro atoms. The lowest BCUT2D eigenvalue weighted by molar-refractivity contribution is -0.167. The van der Waals surface area contributed by atoms with Crippen molar-refractivity contribution in [2.45, 2.75) is 227 Å². The first-order chi connectivity index (χ1) is 23.3. The largest absolute Gasteiger partial charge is 0.462 e. The number of esters is 3. The molecule has 0 rings (SSSR count). The third-order valence-electron chi connectivity index (χ3n) is 9.58. The average Bonchev–Trinajstić information content (AvgIpc) is 3.06. The zero-order valence-corrected chi connectivity index (χ0v) is 32.6. The maximum atomic E-state index is 12.6. The Morgan fingerprint density at radius 1 is 0.438 bits per heavy atom. The first-order valence-electron chi connectivity index (χ1n) is 20.8. The molecule has 1 unspecified atom stereocenters. The van der Waals surface area contributed by atoms with Gasteiger partial charge in [0.25, 0.3) is 0 Å². The summed E-state index contributed by atoms with van der Waals surface area (Å²) in [6.45, 7) is 11.2. The van der Waals surface area contributed by atoms with E-state index in [2.05, 4.69) is 34.6 Å². The summed E-state index contributed by atoms with van der Waals surface area (Å²) in [5.74, 6) is 0.740. The summed E-state index contributed by atoms with van der Waals surface area (Å²) in [5.41, 5.74) is 0. The molecule has 0 saturated carbocycles.